The number of carbonyl (C=O) groups is 2. The van der Waals surface area contributed by atoms with Gasteiger partial charge < -0.3 is 25.4 Å². The molecular formula is C21H28N4O5. The van der Waals surface area contributed by atoms with Crippen molar-refractivity contribution in [3.05, 3.63) is 48.2 Å². The van der Waals surface area contributed by atoms with Crippen LogP contribution in [-0.2, 0) is 15.9 Å². The summed E-state index contributed by atoms with van der Waals surface area (Å²) in [4.78, 5) is 24.2. The highest BCUT2D eigenvalue weighted by atomic mass is 16.6. The van der Waals surface area contributed by atoms with Crippen molar-refractivity contribution in [1.82, 2.24) is 10.2 Å². The minimum absolute atomic E-state index is 0.206. The zero-order valence-corrected chi connectivity index (χ0v) is 17.5. The van der Waals surface area contributed by atoms with Crippen LogP contribution in [0.1, 0.15) is 57.4 Å². The van der Waals surface area contributed by atoms with Crippen LogP contribution >= 0.6 is 0 Å². The second kappa shape index (κ2) is 7.97. The first-order chi connectivity index (χ1) is 14.1. The van der Waals surface area contributed by atoms with Crippen molar-refractivity contribution in [2.45, 2.75) is 63.6 Å². The Balaban J connectivity index is 2.19. The Bertz CT molecular complexity index is 881. The molecule has 9 nitrogen and oxygen atoms in total. The van der Waals surface area contributed by atoms with E-state index >= 15 is 0 Å². The van der Waals surface area contributed by atoms with Crippen molar-refractivity contribution >= 4 is 12.2 Å². The van der Waals surface area contributed by atoms with Gasteiger partial charge in [0.25, 0.3) is 0 Å². The maximum absolute atomic E-state index is 12.1. The van der Waals surface area contributed by atoms with Crippen LogP contribution in [0.4, 0.5) is 9.59 Å². The standard InChI is InChI=1S/C21H28N4O5/c1-19(2,3)21(30-18(23)27)10-9-15(16-25-24-13-28-16)12-20(21,29-17(22)26)11-14-7-5-4-6-8-14/h4-8,13,15H,9-12H2,1-3H3,(H2,22,26)(H2,23,27)/t15-,20?,21+/m0/s1. The van der Waals surface area contributed by atoms with E-state index in [2.05, 4.69) is 10.2 Å². The van der Waals surface area contributed by atoms with Gasteiger partial charge >= 0.3 is 12.2 Å². The molecule has 1 unspecified atom stereocenters. The summed E-state index contributed by atoms with van der Waals surface area (Å²) in [6, 6.07) is 9.50. The normalized spacial score (nSPS) is 26.7. The van der Waals surface area contributed by atoms with Crippen molar-refractivity contribution in [2.75, 3.05) is 0 Å². The number of benzene rings is 1. The molecule has 1 aromatic heterocycles. The molecule has 1 fully saturated rings. The maximum Gasteiger partial charge on any atom is 0.405 e. The lowest BCUT2D eigenvalue weighted by atomic mass is 9.56. The third-order valence-electron chi connectivity index (χ3n) is 6.00. The molecule has 0 spiro atoms. The molecule has 0 aliphatic heterocycles. The van der Waals surface area contributed by atoms with E-state index in [0.717, 1.165) is 5.56 Å². The summed E-state index contributed by atoms with van der Waals surface area (Å²) < 4.78 is 17.1. The summed E-state index contributed by atoms with van der Waals surface area (Å²) in [6.45, 7) is 5.77. The zero-order chi connectivity index (χ0) is 22.0. The summed E-state index contributed by atoms with van der Waals surface area (Å²) in [5.41, 5.74) is 8.78. The number of nitrogens with two attached hydrogens (primary N) is 2. The van der Waals surface area contributed by atoms with Crippen LogP contribution in [0, 0.1) is 5.41 Å². The summed E-state index contributed by atoms with van der Waals surface area (Å²) in [5.74, 6) is 0.226. The molecule has 2 amide bonds. The number of ether oxygens (including phenoxy) is 2. The van der Waals surface area contributed by atoms with E-state index in [1.165, 1.54) is 6.39 Å². The van der Waals surface area contributed by atoms with E-state index in [1.807, 2.05) is 51.1 Å². The molecular weight excluding hydrogens is 388 g/mol. The average Bonchev–Trinajstić information content (AvgIpc) is 3.17. The first-order valence-electron chi connectivity index (χ1n) is 9.85. The van der Waals surface area contributed by atoms with E-state index in [1.54, 1.807) is 0 Å². The summed E-state index contributed by atoms with van der Waals surface area (Å²) in [5, 5.41) is 7.81. The lowest BCUT2D eigenvalue weighted by Gasteiger charge is -2.58. The van der Waals surface area contributed by atoms with Crippen molar-refractivity contribution in [3.63, 3.8) is 0 Å². The van der Waals surface area contributed by atoms with Crippen LogP contribution in [0.15, 0.2) is 41.1 Å². The van der Waals surface area contributed by atoms with Gasteiger partial charge in [0.05, 0.1) is 0 Å². The number of hydrogen-bond acceptors (Lipinski definition) is 7. The van der Waals surface area contributed by atoms with Gasteiger partial charge in [0.15, 0.2) is 11.2 Å². The third kappa shape index (κ3) is 3.96. The summed E-state index contributed by atoms with van der Waals surface area (Å²) in [7, 11) is 0. The highest BCUT2D eigenvalue weighted by molar-refractivity contribution is 5.67. The Hall–Kier alpha value is -3.10. The molecule has 3 rings (SSSR count). The van der Waals surface area contributed by atoms with Crippen LogP contribution in [0.25, 0.3) is 0 Å². The van der Waals surface area contributed by atoms with Crippen LogP contribution in [0.5, 0.6) is 0 Å². The molecule has 0 saturated heterocycles. The van der Waals surface area contributed by atoms with Gasteiger partial charge in [0.1, 0.15) is 0 Å². The minimum Gasteiger partial charge on any atom is -0.438 e. The average molecular weight is 416 g/mol. The number of amides is 2. The summed E-state index contributed by atoms with van der Waals surface area (Å²) in [6.07, 6.45) is 0.849. The smallest absolute Gasteiger partial charge is 0.405 e. The van der Waals surface area contributed by atoms with E-state index in [0.29, 0.717) is 18.7 Å². The number of nitrogens with zero attached hydrogens (tertiary/aromatic N) is 2. The predicted octanol–water partition coefficient (Wildman–Crippen LogP) is 3.29. The topological polar surface area (TPSA) is 144 Å². The minimum atomic E-state index is -1.30. The number of rotatable bonds is 5. The Morgan fingerprint density at radius 2 is 1.83 bits per heavy atom. The molecule has 30 heavy (non-hydrogen) atoms. The monoisotopic (exact) mass is 416 g/mol. The van der Waals surface area contributed by atoms with Crippen molar-refractivity contribution in [2.24, 2.45) is 16.9 Å². The van der Waals surface area contributed by atoms with Crippen LogP contribution < -0.4 is 11.5 Å². The molecule has 0 bridgehead atoms. The molecule has 1 aromatic carbocycles. The van der Waals surface area contributed by atoms with Gasteiger partial charge in [-0.25, -0.2) is 9.59 Å². The molecule has 4 N–H and O–H groups in total. The van der Waals surface area contributed by atoms with Gasteiger partial charge in [-0.3, -0.25) is 0 Å². The maximum atomic E-state index is 12.1. The van der Waals surface area contributed by atoms with E-state index in [9.17, 15) is 9.59 Å². The number of aromatic nitrogens is 2. The van der Waals surface area contributed by atoms with Gasteiger partial charge in [-0.05, 0) is 18.4 Å². The zero-order valence-electron chi connectivity index (χ0n) is 17.5. The van der Waals surface area contributed by atoms with Crippen molar-refractivity contribution in [3.8, 4) is 0 Å². The van der Waals surface area contributed by atoms with Gasteiger partial charge in [0.2, 0.25) is 12.3 Å². The van der Waals surface area contributed by atoms with Gasteiger partial charge in [-0.1, -0.05) is 51.1 Å². The van der Waals surface area contributed by atoms with Crippen LogP contribution in [-0.4, -0.2) is 33.6 Å². The van der Waals surface area contributed by atoms with Gasteiger partial charge in [0, 0.05) is 24.2 Å². The first kappa shape index (κ1) is 21.6. The summed E-state index contributed by atoms with van der Waals surface area (Å²) >= 11 is 0. The van der Waals surface area contributed by atoms with Crippen LogP contribution in [0.3, 0.4) is 0 Å². The van der Waals surface area contributed by atoms with E-state index in [-0.39, 0.29) is 18.8 Å². The number of primary amides is 2. The molecule has 0 radical (unpaired) electrons. The number of carbonyl (C=O) groups excluding carboxylic acids is 2. The Morgan fingerprint density at radius 1 is 1.17 bits per heavy atom. The lowest BCUT2D eigenvalue weighted by Crippen LogP contribution is -2.69. The Kier molecular flexibility index (Phi) is 5.74. The molecule has 1 aliphatic rings. The Morgan fingerprint density at radius 3 is 2.37 bits per heavy atom. The van der Waals surface area contributed by atoms with Crippen LogP contribution in [0.2, 0.25) is 0 Å². The molecule has 1 heterocycles. The quantitative estimate of drug-likeness (QED) is 0.761. The predicted molar refractivity (Wildman–Crippen MR) is 107 cm³/mol. The molecule has 162 valence electrons. The lowest BCUT2D eigenvalue weighted by molar-refractivity contribution is -0.223. The fourth-order valence-electron chi connectivity index (χ4n) is 4.86. The molecule has 1 aliphatic carbocycles. The fraction of sp³-hybridized carbons (Fsp3) is 0.524. The van der Waals surface area contributed by atoms with E-state index in [4.69, 9.17) is 25.4 Å². The third-order valence-corrected chi connectivity index (χ3v) is 6.00. The van der Waals surface area contributed by atoms with Gasteiger partial charge in [-0.15, -0.1) is 10.2 Å². The molecule has 2 aromatic rings. The van der Waals surface area contributed by atoms with Crippen molar-refractivity contribution in [1.29, 1.82) is 0 Å². The highest BCUT2D eigenvalue weighted by Gasteiger charge is 2.66. The second-order valence-electron chi connectivity index (χ2n) is 8.79. The Labute approximate surface area is 175 Å². The number of hydrogen-bond donors (Lipinski definition) is 2. The van der Waals surface area contributed by atoms with E-state index < -0.39 is 28.8 Å². The molecule has 3 atom stereocenters. The van der Waals surface area contributed by atoms with Crippen molar-refractivity contribution < 1.29 is 23.5 Å². The SMILES string of the molecule is CC(C)(C)[C@]1(OC(N)=O)CC[C@H](c2nnco2)CC1(Cc1ccccc1)OC(N)=O. The fourth-order valence-corrected chi connectivity index (χ4v) is 4.86. The highest BCUT2D eigenvalue weighted by Crippen LogP contribution is 2.56. The largest absolute Gasteiger partial charge is 0.438 e. The first-order valence-corrected chi connectivity index (χ1v) is 9.85. The molecule has 9 heteroatoms. The van der Waals surface area contributed by atoms with Gasteiger partial charge in [-0.2, -0.15) is 0 Å². The molecule has 1 saturated carbocycles. The second-order valence-corrected chi connectivity index (χ2v) is 8.79.